The van der Waals surface area contributed by atoms with Gasteiger partial charge in [0.1, 0.15) is 0 Å². The Morgan fingerprint density at radius 3 is 2.43 bits per heavy atom. The third-order valence-electron chi connectivity index (χ3n) is 6.88. The number of nitrogens with zero attached hydrogens (tertiary/aromatic N) is 4. The van der Waals surface area contributed by atoms with Gasteiger partial charge in [-0.15, -0.1) is 0 Å². The molecule has 2 heterocycles. The van der Waals surface area contributed by atoms with Gasteiger partial charge in [0.2, 0.25) is 27.6 Å². The van der Waals surface area contributed by atoms with Crippen molar-refractivity contribution in [3.8, 4) is 11.4 Å². The van der Waals surface area contributed by atoms with Gasteiger partial charge >= 0.3 is 0 Å². The molecule has 0 unspecified atom stereocenters. The van der Waals surface area contributed by atoms with Crippen LogP contribution in [0.15, 0.2) is 51.9 Å². The molecule has 0 atom stereocenters. The first-order valence-electron chi connectivity index (χ1n) is 12.2. The van der Waals surface area contributed by atoms with E-state index in [1.807, 2.05) is 43.3 Å². The Labute approximate surface area is 206 Å². The predicted molar refractivity (Wildman–Crippen MR) is 131 cm³/mol. The van der Waals surface area contributed by atoms with Crippen LogP contribution >= 0.6 is 0 Å². The average molecular weight is 495 g/mol. The summed E-state index contributed by atoms with van der Waals surface area (Å²) in [5.74, 6) is 0.891. The van der Waals surface area contributed by atoms with Crippen molar-refractivity contribution in [1.82, 2.24) is 19.3 Å². The maximum Gasteiger partial charge on any atom is 0.243 e. The average Bonchev–Trinajstić information content (AvgIpc) is 3.36. The molecule has 1 saturated heterocycles. The van der Waals surface area contributed by atoms with Gasteiger partial charge in [0.15, 0.2) is 0 Å². The van der Waals surface area contributed by atoms with E-state index in [-0.39, 0.29) is 12.3 Å². The highest BCUT2D eigenvalue weighted by Crippen LogP contribution is 2.26. The summed E-state index contributed by atoms with van der Waals surface area (Å²) in [6.45, 7) is 3.36. The Morgan fingerprint density at radius 2 is 1.69 bits per heavy atom. The van der Waals surface area contributed by atoms with E-state index in [2.05, 4.69) is 10.1 Å². The first-order chi connectivity index (χ1) is 16.9. The van der Waals surface area contributed by atoms with Gasteiger partial charge in [0.05, 0.1) is 4.90 Å². The van der Waals surface area contributed by atoms with Gasteiger partial charge in [-0.1, -0.05) is 41.1 Å². The predicted octanol–water partition coefficient (Wildman–Crippen LogP) is 3.39. The summed E-state index contributed by atoms with van der Waals surface area (Å²) in [4.78, 5) is 19.2. The smallest absolute Gasteiger partial charge is 0.243 e. The summed E-state index contributed by atoms with van der Waals surface area (Å²) < 4.78 is 33.2. The largest absolute Gasteiger partial charge is 0.340 e. The molecule has 1 aliphatic carbocycles. The second-order valence-corrected chi connectivity index (χ2v) is 11.2. The lowest BCUT2D eigenvalue weighted by Crippen LogP contribution is -2.50. The third-order valence-corrected chi connectivity index (χ3v) is 8.77. The van der Waals surface area contributed by atoms with Crippen LogP contribution in [0.4, 0.5) is 0 Å². The Kier molecular flexibility index (Phi) is 6.71. The zero-order valence-electron chi connectivity index (χ0n) is 19.9. The number of aryl methyl sites for hydroxylation is 4. The molecule has 184 valence electrons. The van der Waals surface area contributed by atoms with Crippen LogP contribution in [0.2, 0.25) is 0 Å². The number of amides is 1. The third kappa shape index (κ3) is 5.16. The molecule has 1 amide bonds. The number of fused-ring (bicyclic) bond motifs is 1. The maximum absolute atomic E-state index is 13.2. The first kappa shape index (κ1) is 23.7. The van der Waals surface area contributed by atoms with E-state index >= 15 is 0 Å². The minimum absolute atomic E-state index is 0.0362. The van der Waals surface area contributed by atoms with Crippen LogP contribution in [0.25, 0.3) is 11.4 Å². The minimum atomic E-state index is -3.56. The van der Waals surface area contributed by atoms with Crippen molar-refractivity contribution in [3.63, 3.8) is 0 Å². The lowest BCUT2D eigenvalue weighted by molar-refractivity contribution is -0.132. The molecule has 1 fully saturated rings. The molecule has 0 bridgehead atoms. The number of benzene rings is 2. The number of aromatic nitrogens is 2. The molecule has 0 N–H and O–H groups in total. The fourth-order valence-corrected chi connectivity index (χ4v) is 6.22. The van der Waals surface area contributed by atoms with Gasteiger partial charge in [0.25, 0.3) is 0 Å². The molecule has 8 nitrogen and oxygen atoms in total. The quantitative estimate of drug-likeness (QED) is 0.521. The lowest BCUT2D eigenvalue weighted by Gasteiger charge is -2.34. The van der Waals surface area contributed by atoms with Crippen LogP contribution in [0.1, 0.15) is 41.8 Å². The number of carbonyl (C=O) groups is 1. The van der Waals surface area contributed by atoms with Gasteiger partial charge in [-0.25, -0.2) is 8.42 Å². The minimum Gasteiger partial charge on any atom is -0.340 e. The van der Waals surface area contributed by atoms with E-state index < -0.39 is 10.0 Å². The van der Waals surface area contributed by atoms with Crippen LogP contribution < -0.4 is 0 Å². The van der Waals surface area contributed by atoms with E-state index in [1.54, 1.807) is 11.0 Å². The summed E-state index contributed by atoms with van der Waals surface area (Å²) in [7, 11) is -3.56. The topological polar surface area (TPSA) is 96.6 Å². The van der Waals surface area contributed by atoms with E-state index in [9.17, 15) is 13.2 Å². The molecule has 35 heavy (non-hydrogen) atoms. The second-order valence-electron chi connectivity index (χ2n) is 9.30. The molecule has 1 aliphatic heterocycles. The van der Waals surface area contributed by atoms with E-state index in [1.165, 1.54) is 9.87 Å². The van der Waals surface area contributed by atoms with Crippen molar-refractivity contribution in [2.24, 2.45) is 0 Å². The molecule has 2 aromatic carbocycles. The Balaban J connectivity index is 1.15. The van der Waals surface area contributed by atoms with Crippen LogP contribution in [-0.4, -0.2) is 59.8 Å². The number of hydrogen-bond acceptors (Lipinski definition) is 6. The molecule has 2 aliphatic rings. The summed E-state index contributed by atoms with van der Waals surface area (Å²) in [5.41, 5.74) is 4.43. The molecule has 9 heteroatoms. The Morgan fingerprint density at radius 1 is 0.971 bits per heavy atom. The highest BCUT2D eigenvalue weighted by molar-refractivity contribution is 7.89. The van der Waals surface area contributed by atoms with E-state index in [0.717, 1.165) is 42.4 Å². The zero-order valence-corrected chi connectivity index (χ0v) is 20.8. The summed E-state index contributed by atoms with van der Waals surface area (Å²) in [5, 5.41) is 4.01. The number of sulfonamides is 1. The number of hydrogen-bond donors (Lipinski definition) is 0. The van der Waals surface area contributed by atoms with E-state index in [4.69, 9.17) is 4.52 Å². The maximum atomic E-state index is 13.2. The van der Waals surface area contributed by atoms with Gasteiger partial charge in [-0.05, 0) is 55.9 Å². The highest BCUT2D eigenvalue weighted by atomic mass is 32.2. The van der Waals surface area contributed by atoms with Gasteiger partial charge in [-0.2, -0.15) is 9.29 Å². The van der Waals surface area contributed by atoms with Crippen LogP contribution in [0.3, 0.4) is 0 Å². The molecule has 0 saturated carbocycles. The number of carbonyl (C=O) groups excluding carboxylic acids is 1. The van der Waals surface area contributed by atoms with Gasteiger partial charge in [-0.3, -0.25) is 4.79 Å². The molecular weight excluding hydrogens is 464 g/mol. The van der Waals surface area contributed by atoms with Crippen molar-refractivity contribution >= 4 is 15.9 Å². The summed E-state index contributed by atoms with van der Waals surface area (Å²) in [6, 6.07) is 13.4. The van der Waals surface area contributed by atoms with Gasteiger partial charge in [0, 0.05) is 44.6 Å². The van der Waals surface area contributed by atoms with Crippen molar-refractivity contribution in [2.45, 2.75) is 50.3 Å². The monoisotopic (exact) mass is 494 g/mol. The summed E-state index contributed by atoms with van der Waals surface area (Å²) in [6.07, 6.45) is 4.82. The first-order valence-corrected chi connectivity index (χ1v) is 13.6. The second kappa shape index (κ2) is 9.91. The fourth-order valence-electron chi connectivity index (χ4n) is 4.75. The van der Waals surface area contributed by atoms with Crippen LogP contribution in [0.5, 0.6) is 0 Å². The molecule has 5 rings (SSSR count). The lowest BCUT2D eigenvalue weighted by atomic mass is 9.92. The molecule has 3 aromatic rings. The number of piperazine rings is 1. The zero-order chi connectivity index (χ0) is 24.4. The standard InChI is InChI=1S/C26H30N4O4S/c1-19-6-8-21(9-7-19)26-27-24(34-28-26)12-13-25(31)29-14-16-30(17-15-29)35(32,33)23-11-10-20-4-2-3-5-22(20)18-23/h6-11,18H,2-5,12-17H2,1H3. The molecular formula is C26H30N4O4S. The normalized spacial score (nSPS) is 16.8. The highest BCUT2D eigenvalue weighted by Gasteiger charge is 2.30. The number of rotatable bonds is 6. The van der Waals surface area contributed by atoms with Gasteiger partial charge < -0.3 is 9.42 Å². The van der Waals surface area contributed by atoms with Crippen molar-refractivity contribution < 1.29 is 17.7 Å². The van der Waals surface area contributed by atoms with E-state index in [0.29, 0.717) is 49.2 Å². The Hall–Kier alpha value is -3.04. The van der Waals surface area contributed by atoms with Crippen LogP contribution in [-0.2, 0) is 34.1 Å². The Bertz CT molecular complexity index is 1310. The van der Waals surface area contributed by atoms with Crippen molar-refractivity contribution in [1.29, 1.82) is 0 Å². The van der Waals surface area contributed by atoms with Crippen molar-refractivity contribution in [3.05, 3.63) is 65.0 Å². The molecule has 1 aromatic heterocycles. The SMILES string of the molecule is Cc1ccc(-c2noc(CCC(=O)N3CCN(S(=O)(=O)c4ccc5c(c4)CCCC5)CC3)n2)cc1. The fraction of sp³-hybridized carbons (Fsp3) is 0.423. The molecule has 0 spiro atoms. The molecule has 0 radical (unpaired) electrons. The van der Waals surface area contributed by atoms with Crippen LogP contribution in [0, 0.1) is 6.92 Å². The summed E-state index contributed by atoms with van der Waals surface area (Å²) >= 11 is 0. The van der Waals surface area contributed by atoms with Crippen molar-refractivity contribution in [2.75, 3.05) is 26.2 Å².